The lowest BCUT2D eigenvalue weighted by Gasteiger charge is -2.00. The van der Waals surface area contributed by atoms with Gasteiger partial charge in [0.25, 0.3) is 5.89 Å². The summed E-state index contributed by atoms with van der Waals surface area (Å²) in [6.45, 7) is 0.310. The molecule has 0 saturated heterocycles. The molecule has 2 rings (SSSR count). The number of para-hydroxylation sites is 1. The largest absolute Gasteiger partial charge is 0.484 e. The average Bonchev–Trinajstić information content (AvgIpc) is 2.69. The van der Waals surface area contributed by atoms with Crippen molar-refractivity contribution in [3.05, 3.63) is 42.6 Å². The van der Waals surface area contributed by atoms with Crippen molar-refractivity contribution in [2.24, 2.45) is 0 Å². The van der Waals surface area contributed by atoms with Gasteiger partial charge in [0.15, 0.2) is 6.61 Å². The number of ether oxygens (including phenoxy) is 1. The predicted molar refractivity (Wildman–Crippen MR) is 45.1 cm³/mol. The first-order valence-electron chi connectivity index (χ1n) is 3.88. The molecule has 0 amide bonds. The van der Waals surface area contributed by atoms with E-state index in [4.69, 9.17) is 9.15 Å². The first kappa shape index (κ1) is 7.79. The van der Waals surface area contributed by atoms with Gasteiger partial charge in [0.1, 0.15) is 5.75 Å². The minimum Gasteiger partial charge on any atom is -0.484 e. The van der Waals surface area contributed by atoms with Crippen molar-refractivity contribution in [2.45, 2.75) is 6.61 Å². The van der Waals surface area contributed by atoms with E-state index in [0.717, 1.165) is 5.75 Å². The highest BCUT2D eigenvalue weighted by Crippen LogP contribution is 2.09. The number of hydrogen-bond acceptors (Lipinski definition) is 4. The van der Waals surface area contributed by atoms with Crippen LogP contribution in [0.5, 0.6) is 5.75 Å². The van der Waals surface area contributed by atoms with Crippen molar-refractivity contribution >= 4 is 0 Å². The Bertz CT molecular complexity index is 345. The van der Waals surface area contributed by atoms with Crippen LogP contribution in [0.2, 0.25) is 0 Å². The third-order valence-corrected chi connectivity index (χ3v) is 1.51. The van der Waals surface area contributed by atoms with E-state index in [1.54, 1.807) is 0 Å². The maximum atomic E-state index is 5.35. The SMILES string of the molecule is c1ccc(OCc2nnco2)cc1. The molecule has 0 saturated carbocycles. The Morgan fingerprint density at radius 2 is 2.08 bits per heavy atom. The Labute approximate surface area is 75.2 Å². The number of aromatic nitrogens is 2. The van der Waals surface area contributed by atoms with Gasteiger partial charge in [0.2, 0.25) is 6.39 Å². The van der Waals surface area contributed by atoms with Gasteiger partial charge in [0.05, 0.1) is 0 Å². The molecular weight excluding hydrogens is 168 g/mol. The third-order valence-electron chi connectivity index (χ3n) is 1.51. The van der Waals surface area contributed by atoms with E-state index in [1.807, 2.05) is 30.3 Å². The molecule has 0 N–H and O–H groups in total. The van der Waals surface area contributed by atoms with Crippen LogP contribution in [0.4, 0.5) is 0 Å². The van der Waals surface area contributed by atoms with Gasteiger partial charge in [-0.15, -0.1) is 10.2 Å². The fraction of sp³-hybridized carbons (Fsp3) is 0.111. The third kappa shape index (κ3) is 2.05. The molecule has 0 aliphatic heterocycles. The molecule has 0 bridgehead atoms. The van der Waals surface area contributed by atoms with Crippen molar-refractivity contribution in [1.29, 1.82) is 0 Å². The lowest BCUT2D eigenvalue weighted by Crippen LogP contribution is -1.95. The number of rotatable bonds is 3. The van der Waals surface area contributed by atoms with Crippen LogP contribution in [0.1, 0.15) is 5.89 Å². The Morgan fingerprint density at radius 1 is 1.23 bits per heavy atom. The van der Waals surface area contributed by atoms with Gasteiger partial charge in [0, 0.05) is 0 Å². The zero-order valence-corrected chi connectivity index (χ0v) is 6.88. The van der Waals surface area contributed by atoms with Gasteiger partial charge in [-0.3, -0.25) is 0 Å². The predicted octanol–water partition coefficient (Wildman–Crippen LogP) is 1.65. The van der Waals surface area contributed by atoms with Crippen LogP contribution < -0.4 is 4.74 Å². The normalized spacial score (nSPS) is 9.85. The average molecular weight is 176 g/mol. The van der Waals surface area contributed by atoms with Gasteiger partial charge in [-0.05, 0) is 12.1 Å². The molecule has 0 fully saturated rings. The van der Waals surface area contributed by atoms with Gasteiger partial charge in [-0.1, -0.05) is 18.2 Å². The second-order valence-electron chi connectivity index (χ2n) is 2.43. The Kier molecular flexibility index (Phi) is 2.22. The molecule has 1 aromatic carbocycles. The first-order chi connectivity index (χ1) is 6.45. The van der Waals surface area contributed by atoms with Crippen molar-refractivity contribution < 1.29 is 9.15 Å². The summed E-state index contributed by atoms with van der Waals surface area (Å²) in [5, 5.41) is 7.23. The molecule has 1 aromatic heterocycles. The first-order valence-corrected chi connectivity index (χ1v) is 3.88. The maximum absolute atomic E-state index is 5.35. The van der Waals surface area contributed by atoms with E-state index in [1.165, 1.54) is 6.39 Å². The van der Waals surface area contributed by atoms with Crippen LogP contribution in [0.3, 0.4) is 0 Å². The summed E-state index contributed by atoms with van der Waals surface area (Å²) in [7, 11) is 0. The second kappa shape index (κ2) is 3.71. The summed E-state index contributed by atoms with van der Waals surface area (Å²) in [5.41, 5.74) is 0. The number of nitrogens with zero attached hydrogens (tertiary/aromatic N) is 2. The topological polar surface area (TPSA) is 48.2 Å². The Balaban J connectivity index is 1.94. The van der Waals surface area contributed by atoms with E-state index in [-0.39, 0.29) is 0 Å². The van der Waals surface area contributed by atoms with Crippen LogP contribution in [0, 0.1) is 0 Å². The Morgan fingerprint density at radius 3 is 2.77 bits per heavy atom. The second-order valence-corrected chi connectivity index (χ2v) is 2.43. The van der Waals surface area contributed by atoms with E-state index >= 15 is 0 Å². The van der Waals surface area contributed by atoms with Gasteiger partial charge >= 0.3 is 0 Å². The quantitative estimate of drug-likeness (QED) is 0.713. The van der Waals surface area contributed by atoms with E-state index in [9.17, 15) is 0 Å². The molecule has 0 atom stereocenters. The summed E-state index contributed by atoms with van der Waals surface area (Å²) >= 11 is 0. The molecule has 0 aliphatic rings. The number of benzene rings is 1. The molecule has 13 heavy (non-hydrogen) atoms. The fourth-order valence-corrected chi connectivity index (χ4v) is 0.921. The lowest BCUT2D eigenvalue weighted by molar-refractivity contribution is 0.263. The van der Waals surface area contributed by atoms with Crippen molar-refractivity contribution in [2.75, 3.05) is 0 Å². The molecule has 2 aromatic rings. The van der Waals surface area contributed by atoms with Gasteiger partial charge in [-0.2, -0.15) is 0 Å². The minimum atomic E-state index is 0.310. The maximum Gasteiger partial charge on any atom is 0.253 e. The van der Waals surface area contributed by atoms with Gasteiger partial charge < -0.3 is 9.15 Å². The molecule has 0 spiro atoms. The molecule has 1 heterocycles. The lowest BCUT2D eigenvalue weighted by atomic mass is 10.3. The molecule has 66 valence electrons. The summed E-state index contributed by atoms with van der Waals surface area (Å²) < 4.78 is 10.3. The molecular formula is C9H8N2O2. The summed E-state index contributed by atoms with van der Waals surface area (Å²) in [6, 6.07) is 9.48. The standard InChI is InChI=1S/C9H8N2O2/c1-2-4-8(5-3-1)12-6-9-11-10-7-13-9/h1-5,7H,6H2. The zero-order chi connectivity index (χ0) is 8.93. The van der Waals surface area contributed by atoms with E-state index in [2.05, 4.69) is 10.2 Å². The molecule has 4 nitrogen and oxygen atoms in total. The fourth-order valence-electron chi connectivity index (χ4n) is 0.921. The minimum absolute atomic E-state index is 0.310. The number of hydrogen-bond donors (Lipinski definition) is 0. The van der Waals surface area contributed by atoms with E-state index < -0.39 is 0 Å². The van der Waals surface area contributed by atoms with Crippen LogP contribution in [-0.4, -0.2) is 10.2 Å². The monoisotopic (exact) mass is 176 g/mol. The van der Waals surface area contributed by atoms with Crippen LogP contribution in [-0.2, 0) is 6.61 Å². The van der Waals surface area contributed by atoms with E-state index in [0.29, 0.717) is 12.5 Å². The summed E-state index contributed by atoms with van der Waals surface area (Å²) in [5.74, 6) is 1.27. The summed E-state index contributed by atoms with van der Waals surface area (Å²) in [6.07, 6.45) is 1.28. The highest BCUT2D eigenvalue weighted by atomic mass is 16.5. The summed E-state index contributed by atoms with van der Waals surface area (Å²) in [4.78, 5) is 0. The Hall–Kier alpha value is -1.84. The van der Waals surface area contributed by atoms with Crippen molar-refractivity contribution in [3.63, 3.8) is 0 Å². The highest BCUT2D eigenvalue weighted by molar-refractivity contribution is 5.20. The molecule has 0 aliphatic carbocycles. The zero-order valence-electron chi connectivity index (χ0n) is 6.88. The smallest absolute Gasteiger partial charge is 0.253 e. The van der Waals surface area contributed by atoms with Crippen LogP contribution >= 0.6 is 0 Å². The van der Waals surface area contributed by atoms with Crippen molar-refractivity contribution in [1.82, 2.24) is 10.2 Å². The molecule has 0 radical (unpaired) electrons. The van der Waals surface area contributed by atoms with Crippen LogP contribution in [0.25, 0.3) is 0 Å². The van der Waals surface area contributed by atoms with Crippen LogP contribution in [0.15, 0.2) is 41.1 Å². The molecule has 4 heteroatoms. The molecule has 0 unspecified atom stereocenters. The highest BCUT2D eigenvalue weighted by Gasteiger charge is 1.98. The van der Waals surface area contributed by atoms with Gasteiger partial charge in [-0.25, -0.2) is 0 Å². The van der Waals surface area contributed by atoms with Crippen molar-refractivity contribution in [3.8, 4) is 5.75 Å².